The summed E-state index contributed by atoms with van der Waals surface area (Å²) in [6, 6.07) is 7.99. The number of unbranched alkanes of at least 4 members (excludes halogenated alkanes) is 6. The normalized spacial score (nSPS) is 10.5. The molecule has 1 aromatic rings. The molecular formula is C17H26BrNO. The fraction of sp³-hybridized carbons (Fsp3) is 0.588. The largest absolute Gasteiger partial charge is 0.352 e. The molecule has 0 unspecified atom stereocenters. The van der Waals surface area contributed by atoms with Gasteiger partial charge in [-0.2, -0.15) is 0 Å². The minimum atomic E-state index is 0.161. The smallest absolute Gasteiger partial charge is 0.220 e. The van der Waals surface area contributed by atoms with Crippen molar-refractivity contribution in [3.8, 4) is 0 Å². The van der Waals surface area contributed by atoms with Gasteiger partial charge in [0.2, 0.25) is 5.91 Å². The fourth-order valence-corrected chi connectivity index (χ4v) is 2.59. The highest BCUT2D eigenvalue weighted by Gasteiger charge is 2.03. The zero-order chi connectivity index (χ0) is 14.6. The van der Waals surface area contributed by atoms with Gasteiger partial charge < -0.3 is 5.32 Å². The topological polar surface area (TPSA) is 29.1 Å². The quantitative estimate of drug-likeness (QED) is 0.582. The average molecular weight is 340 g/mol. The van der Waals surface area contributed by atoms with Gasteiger partial charge in [0.1, 0.15) is 0 Å². The Bertz CT molecular complexity index is 392. The summed E-state index contributed by atoms with van der Waals surface area (Å²) in [7, 11) is 0. The van der Waals surface area contributed by atoms with Crippen LogP contribution in [0.5, 0.6) is 0 Å². The Hall–Kier alpha value is -0.830. The van der Waals surface area contributed by atoms with Crippen LogP contribution in [-0.2, 0) is 11.3 Å². The van der Waals surface area contributed by atoms with Gasteiger partial charge in [-0.15, -0.1) is 0 Å². The van der Waals surface area contributed by atoms with Crippen molar-refractivity contribution in [3.63, 3.8) is 0 Å². The molecule has 1 N–H and O–H groups in total. The molecule has 1 rings (SSSR count). The van der Waals surface area contributed by atoms with Crippen LogP contribution in [0.2, 0.25) is 0 Å². The second kappa shape index (κ2) is 10.9. The first kappa shape index (κ1) is 17.2. The first-order chi connectivity index (χ1) is 9.74. The molecule has 0 saturated heterocycles. The van der Waals surface area contributed by atoms with Crippen molar-refractivity contribution < 1.29 is 4.79 Å². The highest BCUT2D eigenvalue weighted by molar-refractivity contribution is 9.10. The molecule has 0 spiro atoms. The number of rotatable bonds is 10. The van der Waals surface area contributed by atoms with Gasteiger partial charge in [-0.1, -0.05) is 79.6 Å². The van der Waals surface area contributed by atoms with Crippen LogP contribution >= 0.6 is 15.9 Å². The van der Waals surface area contributed by atoms with E-state index < -0.39 is 0 Å². The van der Waals surface area contributed by atoms with Crippen molar-refractivity contribution in [2.75, 3.05) is 0 Å². The molecule has 20 heavy (non-hydrogen) atoms. The van der Waals surface area contributed by atoms with E-state index in [4.69, 9.17) is 0 Å². The van der Waals surface area contributed by atoms with Gasteiger partial charge >= 0.3 is 0 Å². The van der Waals surface area contributed by atoms with E-state index >= 15 is 0 Å². The van der Waals surface area contributed by atoms with Crippen LogP contribution in [0.15, 0.2) is 28.7 Å². The molecule has 0 radical (unpaired) electrons. The molecular weight excluding hydrogens is 314 g/mol. The van der Waals surface area contributed by atoms with Gasteiger partial charge in [-0.05, 0) is 18.1 Å². The van der Waals surface area contributed by atoms with E-state index in [0.29, 0.717) is 13.0 Å². The lowest BCUT2D eigenvalue weighted by atomic mass is 10.1. The zero-order valence-electron chi connectivity index (χ0n) is 12.5. The predicted molar refractivity (Wildman–Crippen MR) is 88.6 cm³/mol. The lowest BCUT2D eigenvalue weighted by Crippen LogP contribution is -2.22. The minimum absolute atomic E-state index is 0.161. The summed E-state index contributed by atoms with van der Waals surface area (Å²) < 4.78 is 1.05. The molecule has 112 valence electrons. The molecule has 1 amide bonds. The molecule has 0 atom stereocenters. The SMILES string of the molecule is CCCCCCCCCC(=O)NCc1ccccc1Br. The molecule has 0 aromatic heterocycles. The van der Waals surface area contributed by atoms with Gasteiger partial charge in [-0.25, -0.2) is 0 Å². The third kappa shape index (κ3) is 7.68. The van der Waals surface area contributed by atoms with Gasteiger partial charge in [-0.3, -0.25) is 4.79 Å². The number of nitrogens with one attached hydrogen (secondary N) is 1. The predicted octanol–water partition coefficient (Wildman–Crippen LogP) is 5.21. The van der Waals surface area contributed by atoms with E-state index in [1.165, 1.54) is 38.5 Å². The minimum Gasteiger partial charge on any atom is -0.352 e. The van der Waals surface area contributed by atoms with E-state index in [9.17, 15) is 4.79 Å². The Morgan fingerprint density at radius 2 is 1.70 bits per heavy atom. The first-order valence-corrected chi connectivity index (χ1v) is 8.53. The summed E-state index contributed by atoms with van der Waals surface area (Å²) in [6.45, 7) is 2.84. The lowest BCUT2D eigenvalue weighted by molar-refractivity contribution is -0.121. The molecule has 0 bridgehead atoms. The van der Waals surface area contributed by atoms with Crippen molar-refractivity contribution in [1.82, 2.24) is 5.32 Å². The Kier molecular flexibility index (Phi) is 9.38. The number of hydrogen-bond donors (Lipinski definition) is 1. The highest BCUT2D eigenvalue weighted by atomic mass is 79.9. The van der Waals surface area contributed by atoms with Crippen LogP contribution in [0.1, 0.15) is 63.9 Å². The van der Waals surface area contributed by atoms with E-state index in [-0.39, 0.29) is 5.91 Å². The van der Waals surface area contributed by atoms with Gasteiger partial charge in [0.05, 0.1) is 0 Å². The molecule has 0 aliphatic heterocycles. The van der Waals surface area contributed by atoms with E-state index in [0.717, 1.165) is 16.5 Å². The maximum atomic E-state index is 11.7. The number of benzene rings is 1. The number of amides is 1. The summed E-state index contributed by atoms with van der Waals surface area (Å²) in [4.78, 5) is 11.7. The van der Waals surface area contributed by atoms with E-state index in [2.05, 4.69) is 28.2 Å². The van der Waals surface area contributed by atoms with Crippen LogP contribution in [0.4, 0.5) is 0 Å². The van der Waals surface area contributed by atoms with Crippen LogP contribution < -0.4 is 5.32 Å². The molecule has 0 saturated carbocycles. The zero-order valence-corrected chi connectivity index (χ0v) is 14.0. The molecule has 0 heterocycles. The van der Waals surface area contributed by atoms with Crippen LogP contribution in [0.25, 0.3) is 0 Å². The van der Waals surface area contributed by atoms with Crippen LogP contribution in [0, 0.1) is 0 Å². The number of halogens is 1. The summed E-state index contributed by atoms with van der Waals surface area (Å²) in [5.41, 5.74) is 1.13. The van der Waals surface area contributed by atoms with E-state index in [1.807, 2.05) is 24.3 Å². The van der Waals surface area contributed by atoms with Crippen molar-refractivity contribution >= 4 is 21.8 Å². The summed E-state index contributed by atoms with van der Waals surface area (Å²) in [5.74, 6) is 0.161. The second-order valence-corrected chi connectivity index (χ2v) is 6.09. The number of carbonyl (C=O) groups excluding carboxylic acids is 1. The monoisotopic (exact) mass is 339 g/mol. The third-order valence-corrected chi connectivity index (χ3v) is 4.21. The van der Waals surface area contributed by atoms with Gasteiger partial charge in [0.15, 0.2) is 0 Å². The standard InChI is InChI=1S/C17H26BrNO/c1-2-3-4-5-6-7-8-13-17(20)19-14-15-11-9-10-12-16(15)18/h9-12H,2-8,13-14H2,1H3,(H,19,20). The van der Waals surface area contributed by atoms with Gasteiger partial charge in [0.25, 0.3) is 0 Å². The van der Waals surface area contributed by atoms with E-state index in [1.54, 1.807) is 0 Å². The van der Waals surface area contributed by atoms with Crippen molar-refractivity contribution in [2.24, 2.45) is 0 Å². The van der Waals surface area contributed by atoms with Crippen LogP contribution in [0.3, 0.4) is 0 Å². The molecule has 0 aliphatic rings. The first-order valence-electron chi connectivity index (χ1n) is 7.74. The molecule has 2 nitrogen and oxygen atoms in total. The summed E-state index contributed by atoms with van der Waals surface area (Å²) in [6.07, 6.45) is 9.37. The maximum absolute atomic E-state index is 11.7. The Labute approximate surface area is 131 Å². The second-order valence-electron chi connectivity index (χ2n) is 5.24. The molecule has 0 aliphatic carbocycles. The summed E-state index contributed by atoms with van der Waals surface area (Å²) in [5, 5.41) is 2.98. The maximum Gasteiger partial charge on any atom is 0.220 e. The molecule has 3 heteroatoms. The fourth-order valence-electron chi connectivity index (χ4n) is 2.17. The average Bonchev–Trinajstić information content (AvgIpc) is 2.45. The van der Waals surface area contributed by atoms with Crippen molar-refractivity contribution in [3.05, 3.63) is 34.3 Å². The lowest BCUT2D eigenvalue weighted by Gasteiger charge is -2.07. The third-order valence-electron chi connectivity index (χ3n) is 3.44. The molecule has 1 aromatic carbocycles. The summed E-state index contributed by atoms with van der Waals surface area (Å²) >= 11 is 3.49. The Morgan fingerprint density at radius 3 is 2.40 bits per heavy atom. The number of hydrogen-bond acceptors (Lipinski definition) is 1. The number of carbonyl (C=O) groups is 1. The Morgan fingerprint density at radius 1 is 1.05 bits per heavy atom. The molecule has 0 fully saturated rings. The van der Waals surface area contributed by atoms with Crippen molar-refractivity contribution in [1.29, 1.82) is 0 Å². The highest BCUT2D eigenvalue weighted by Crippen LogP contribution is 2.15. The van der Waals surface area contributed by atoms with Crippen molar-refractivity contribution in [2.45, 2.75) is 64.8 Å². The van der Waals surface area contributed by atoms with Gasteiger partial charge in [0, 0.05) is 17.4 Å². The van der Waals surface area contributed by atoms with Crippen LogP contribution in [-0.4, -0.2) is 5.91 Å². The Balaban J connectivity index is 2.05.